The second-order valence-electron chi connectivity index (χ2n) is 9.31. The van der Waals surface area contributed by atoms with Crippen LogP contribution in [0.3, 0.4) is 0 Å². The molecule has 0 spiro atoms. The van der Waals surface area contributed by atoms with Gasteiger partial charge in [0, 0.05) is 16.7 Å². The number of benzene rings is 3. The van der Waals surface area contributed by atoms with E-state index in [-0.39, 0.29) is 27.8 Å². The van der Waals surface area contributed by atoms with Crippen LogP contribution in [0.25, 0.3) is 0 Å². The van der Waals surface area contributed by atoms with Crippen LogP contribution in [0.2, 0.25) is 10.0 Å². The fourth-order valence-electron chi connectivity index (χ4n) is 4.16. The molecule has 0 saturated heterocycles. The van der Waals surface area contributed by atoms with Gasteiger partial charge in [-0.05, 0) is 61.2 Å². The Morgan fingerprint density at radius 1 is 1.08 bits per heavy atom. The van der Waals surface area contributed by atoms with Crippen LogP contribution in [0.4, 0.5) is 0 Å². The van der Waals surface area contributed by atoms with Crippen molar-refractivity contribution in [3.8, 4) is 29.1 Å². The fraction of sp³-hybridized carbons (Fsp3) is 0.267. The second kappa shape index (κ2) is 12.3. The molecule has 2 N–H and O–H groups in total. The Morgan fingerprint density at radius 3 is 2.56 bits per heavy atom. The number of hydrogen-bond donors (Lipinski definition) is 1. The number of fused-ring (bicyclic) bond motifs is 1. The summed E-state index contributed by atoms with van der Waals surface area (Å²) >= 11 is 12.1. The summed E-state index contributed by atoms with van der Waals surface area (Å²) in [7, 11) is 0. The lowest BCUT2D eigenvalue weighted by Crippen LogP contribution is -2.21. The zero-order valence-corrected chi connectivity index (χ0v) is 23.3. The molecule has 0 bridgehead atoms. The van der Waals surface area contributed by atoms with Gasteiger partial charge in [-0.2, -0.15) is 5.26 Å². The van der Waals surface area contributed by atoms with Crippen molar-refractivity contribution in [1.29, 1.82) is 5.26 Å². The van der Waals surface area contributed by atoms with Crippen molar-refractivity contribution in [2.45, 2.75) is 33.1 Å². The molecule has 0 amide bonds. The summed E-state index contributed by atoms with van der Waals surface area (Å²) in [5.41, 5.74) is 8.06. The monoisotopic (exact) mass is 566 g/mol. The molecule has 0 aromatic heterocycles. The molecule has 1 aliphatic heterocycles. The number of allylic oxidation sites excluding steroid dienone is 1. The van der Waals surface area contributed by atoms with E-state index < -0.39 is 11.9 Å². The van der Waals surface area contributed by atoms with Crippen LogP contribution in [-0.4, -0.2) is 19.2 Å². The molecule has 9 heteroatoms. The Hall–Kier alpha value is -3.86. The third-order valence-corrected chi connectivity index (χ3v) is 6.65. The number of rotatable bonds is 9. The van der Waals surface area contributed by atoms with Crippen LogP contribution in [0.1, 0.15) is 54.6 Å². The highest BCUT2D eigenvalue weighted by atomic mass is 35.5. The molecule has 202 valence electrons. The lowest BCUT2D eigenvalue weighted by molar-refractivity contribution is 0.0734. The van der Waals surface area contributed by atoms with Gasteiger partial charge in [-0.3, -0.25) is 0 Å². The Balaban J connectivity index is 1.66. The minimum atomic E-state index is -0.653. The fourth-order valence-corrected chi connectivity index (χ4v) is 4.64. The zero-order chi connectivity index (χ0) is 28.1. The maximum Gasteiger partial charge on any atom is 0.345 e. The molecule has 3 aromatic rings. The van der Waals surface area contributed by atoms with E-state index in [1.54, 1.807) is 24.3 Å². The highest BCUT2D eigenvalue weighted by Crippen LogP contribution is 2.45. The second-order valence-corrected chi connectivity index (χ2v) is 10.2. The SMILES string of the molecule is CCOc1cc(C2C(C#N)=C(N)Oc3cc(OC(=O)c4ccc(Cl)cc4Cl)ccc32)ccc1OCCC(C)C. The number of carbonyl (C=O) groups is 1. The van der Waals surface area contributed by atoms with Crippen LogP contribution in [0, 0.1) is 17.2 Å². The lowest BCUT2D eigenvalue weighted by Gasteiger charge is -2.27. The van der Waals surface area contributed by atoms with Gasteiger partial charge in [0.15, 0.2) is 11.5 Å². The molecule has 0 saturated carbocycles. The van der Waals surface area contributed by atoms with Gasteiger partial charge in [0.05, 0.1) is 29.7 Å². The minimum Gasteiger partial charge on any atom is -0.490 e. The number of nitriles is 1. The smallest absolute Gasteiger partial charge is 0.345 e. The van der Waals surface area contributed by atoms with Crippen molar-refractivity contribution in [3.63, 3.8) is 0 Å². The maximum absolute atomic E-state index is 12.7. The van der Waals surface area contributed by atoms with Crippen molar-refractivity contribution in [1.82, 2.24) is 0 Å². The van der Waals surface area contributed by atoms with Gasteiger partial charge in [0.2, 0.25) is 5.88 Å². The molecule has 1 heterocycles. The van der Waals surface area contributed by atoms with E-state index in [9.17, 15) is 10.1 Å². The molecule has 0 fully saturated rings. The van der Waals surface area contributed by atoms with Gasteiger partial charge < -0.3 is 24.7 Å². The normalized spacial score (nSPS) is 14.3. The zero-order valence-electron chi connectivity index (χ0n) is 21.8. The number of carbonyl (C=O) groups excluding carboxylic acids is 1. The maximum atomic E-state index is 12.7. The highest BCUT2D eigenvalue weighted by molar-refractivity contribution is 6.36. The van der Waals surface area contributed by atoms with Gasteiger partial charge in [0.1, 0.15) is 23.1 Å². The van der Waals surface area contributed by atoms with Crippen LogP contribution in [0.15, 0.2) is 66.1 Å². The quantitative estimate of drug-likeness (QED) is 0.215. The van der Waals surface area contributed by atoms with E-state index in [2.05, 4.69) is 19.9 Å². The third kappa shape index (κ3) is 6.42. The molecule has 4 rings (SSSR count). The van der Waals surface area contributed by atoms with E-state index in [4.69, 9.17) is 47.9 Å². The van der Waals surface area contributed by atoms with Gasteiger partial charge in [-0.15, -0.1) is 0 Å². The predicted octanol–water partition coefficient (Wildman–Crippen LogP) is 7.25. The first-order valence-electron chi connectivity index (χ1n) is 12.5. The summed E-state index contributed by atoms with van der Waals surface area (Å²) in [5.74, 6) is 1.09. The van der Waals surface area contributed by atoms with Crippen molar-refractivity contribution in [3.05, 3.63) is 92.8 Å². The van der Waals surface area contributed by atoms with Crippen LogP contribution >= 0.6 is 23.2 Å². The summed E-state index contributed by atoms with van der Waals surface area (Å²) in [6.45, 7) is 7.18. The first-order chi connectivity index (χ1) is 18.7. The molecule has 3 aromatic carbocycles. The summed E-state index contributed by atoms with van der Waals surface area (Å²) < 4.78 is 23.2. The average Bonchev–Trinajstić information content (AvgIpc) is 2.88. The van der Waals surface area contributed by atoms with Crippen LogP contribution in [-0.2, 0) is 0 Å². The Labute approximate surface area is 237 Å². The number of halogens is 2. The summed E-state index contributed by atoms with van der Waals surface area (Å²) in [6.07, 6.45) is 0.912. The third-order valence-electron chi connectivity index (χ3n) is 6.11. The standard InChI is InChI=1S/C30H28Cl2N2O5/c1-4-36-27-13-18(5-10-25(27)37-12-11-17(2)3)28-22-9-7-20(15-26(22)39-29(34)23(28)16-33)38-30(35)21-8-6-19(31)14-24(21)32/h5-10,13-15,17,28H,4,11-12,34H2,1-3H3. The molecular formula is C30H28Cl2N2O5. The number of hydrogen-bond acceptors (Lipinski definition) is 7. The van der Waals surface area contributed by atoms with Gasteiger partial charge >= 0.3 is 5.97 Å². The van der Waals surface area contributed by atoms with Crippen LogP contribution < -0.4 is 24.7 Å². The van der Waals surface area contributed by atoms with E-state index >= 15 is 0 Å². The molecule has 1 aliphatic rings. The van der Waals surface area contributed by atoms with Crippen LogP contribution in [0.5, 0.6) is 23.0 Å². The Morgan fingerprint density at radius 2 is 1.87 bits per heavy atom. The number of nitrogens with two attached hydrogens (primary N) is 1. The molecule has 0 aliphatic carbocycles. The molecule has 1 unspecified atom stereocenters. The molecular weight excluding hydrogens is 539 g/mol. The predicted molar refractivity (Wildman–Crippen MR) is 150 cm³/mol. The van der Waals surface area contributed by atoms with E-state index in [1.165, 1.54) is 12.1 Å². The van der Waals surface area contributed by atoms with E-state index in [1.807, 2.05) is 25.1 Å². The Kier molecular flexibility index (Phi) is 8.90. The minimum absolute atomic E-state index is 0.0329. The van der Waals surface area contributed by atoms with Gasteiger partial charge in [-0.25, -0.2) is 4.79 Å². The van der Waals surface area contributed by atoms with Gasteiger partial charge in [0.25, 0.3) is 0 Å². The largest absolute Gasteiger partial charge is 0.490 e. The van der Waals surface area contributed by atoms with Crippen molar-refractivity contribution < 1.29 is 23.7 Å². The van der Waals surface area contributed by atoms with Crippen molar-refractivity contribution in [2.75, 3.05) is 13.2 Å². The Bertz CT molecular complexity index is 1460. The number of ether oxygens (including phenoxy) is 4. The summed E-state index contributed by atoms with van der Waals surface area (Å²) in [4.78, 5) is 12.7. The number of esters is 1. The van der Waals surface area contributed by atoms with Crippen molar-refractivity contribution >= 4 is 29.2 Å². The molecule has 1 atom stereocenters. The number of nitrogens with zero attached hydrogens (tertiary/aromatic N) is 1. The van der Waals surface area contributed by atoms with Crippen molar-refractivity contribution in [2.24, 2.45) is 11.7 Å². The topological polar surface area (TPSA) is 104 Å². The summed E-state index contributed by atoms with van der Waals surface area (Å²) in [5, 5.41) is 10.5. The molecule has 7 nitrogen and oxygen atoms in total. The summed E-state index contributed by atoms with van der Waals surface area (Å²) in [6, 6.07) is 17.2. The average molecular weight is 567 g/mol. The van der Waals surface area contributed by atoms with E-state index in [0.29, 0.717) is 47.0 Å². The molecule has 39 heavy (non-hydrogen) atoms. The van der Waals surface area contributed by atoms with E-state index in [0.717, 1.165) is 12.0 Å². The van der Waals surface area contributed by atoms with Gasteiger partial charge in [-0.1, -0.05) is 49.2 Å². The highest BCUT2D eigenvalue weighted by Gasteiger charge is 2.32. The lowest BCUT2D eigenvalue weighted by atomic mass is 9.83. The first-order valence-corrected chi connectivity index (χ1v) is 13.3. The first kappa shape index (κ1) is 28.2. The molecule has 0 radical (unpaired) electrons.